The first-order valence-corrected chi connectivity index (χ1v) is 9.86. The molecule has 0 spiro atoms. The second-order valence-electron chi connectivity index (χ2n) is 5.93. The Bertz CT molecular complexity index is 902. The molecule has 1 fully saturated rings. The van der Waals surface area contributed by atoms with Gasteiger partial charge in [-0.1, -0.05) is 17.7 Å². The zero-order valence-corrected chi connectivity index (χ0v) is 15.6. The number of carbonyl (C=O) groups excluding carboxylic acids is 1. The van der Waals surface area contributed by atoms with E-state index in [-0.39, 0.29) is 22.0 Å². The van der Waals surface area contributed by atoms with Crippen molar-refractivity contribution in [1.29, 1.82) is 0 Å². The molecule has 1 atom stereocenters. The van der Waals surface area contributed by atoms with Crippen molar-refractivity contribution in [2.45, 2.75) is 17.9 Å². The fourth-order valence-electron chi connectivity index (χ4n) is 2.65. The highest BCUT2D eigenvalue weighted by Gasteiger charge is 2.25. The van der Waals surface area contributed by atoms with Crippen LogP contribution < -0.4 is 4.72 Å². The van der Waals surface area contributed by atoms with Crippen LogP contribution >= 0.6 is 11.6 Å². The summed E-state index contributed by atoms with van der Waals surface area (Å²) in [6.45, 7) is 3.40. The van der Waals surface area contributed by atoms with Crippen molar-refractivity contribution in [1.82, 2.24) is 9.88 Å². The number of hydrogen-bond donors (Lipinski definition) is 1. The van der Waals surface area contributed by atoms with Crippen LogP contribution in [0.2, 0.25) is 5.15 Å². The highest BCUT2D eigenvalue weighted by Crippen LogP contribution is 2.20. The van der Waals surface area contributed by atoms with Crippen LogP contribution in [0, 0.1) is 0 Å². The van der Waals surface area contributed by atoms with Gasteiger partial charge < -0.3 is 9.64 Å². The van der Waals surface area contributed by atoms with Gasteiger partial charge in [-0.2, -0.15) is 0 Å². The minimum absolute atomic E-state index is 0.0135. The second kappa shape index (κ2) is 7.61. The number of ether oxygens (including phenoxy) is 1. The molecule has 1 aromatic heterocycles. The lowest BCUT2D eigenvalue weighted by Gasteiger charge is -2.33. The fourth-order valence-corrected chi connectivity index (χ4v) is 3.75. The first-order chi connectivity index (χ1) is 12.4. The predicted molar refractivity (Wildman–Crippen MR) is 97.8 cm³/mol. The SMILES string of the molecule is CC1COCCN1C(=O)c1cccc(NS(=O)(=O)c2ccc(Cl)nc2)c1. The molecule has 2 aromatic rings. The summed E-state index contributed by atoms with van der Waals surface area (Å²) in [6, 6.07) is 9.13. The Morgan fingerprint density at radius 1 is 1.35 bits per heavy atom. The molecule has 1 N–H and O–H groups in total. The van der Waals surface area contributed by atoms with Crippen LogP contribution in [-0.4, -0.2) is 50.0 Å². The molecule has 1 saturated heterocycles. The Labute approximate surface area is 157 Å². The van der Waals surface area contributed by atoms with Crippen molar-refractivity contribution in [3.63, 3.8) is 0 Å². The van der Waals surface area contributed by atoms with Crippen LogP contribution in [0.4, 0.5) is 5.69 Å². The number of amides is 1. The molecular weight excluding hydrogens is 378 g/mol. The van der Waals surface area contributed by atoms with E-state index in [1.165, 1.54) is 24.4 Å². The Kier molecular flexibility index (Phi) is 5.45. The largest absolute Gasteiger partial charge is 0.377 e. The van der Waals surface area contributed by atoms with E-state index in [2.05, 4.69) is 9.71 Å². The fraction of sp³-hybridized carbons (Fsp3) is 0.294. The monoisotopic (exact) mass is 395 g/mol. The van der Waals surface area contributed by atoms with E-state index >= 15 is 0 Å². The molecule has 7 nitrogen and oxygen atoms in total. The number of aromatic nitrogens is 1. The number of anilines is 1. The van der Waals surface area contributed by atoms with E-state index in [1.54, 1.807) is 23.1 Å². The lowest BCUT2D eigenvalue weighted by atomic mass is 10.1. The predicted octanol–water partition coefficient (Wildman–Crippen LogP) is 2.40. The van der Waals surface area contributed by atoms with Gasteiger partial charge in [0.25, 0.3) is 15.9 Å². The van der Waals surface area contributed by atoms with Crippen LogP contribution in [0.5, 0.6) is 0 Å². The van der Waals surface area contributed by atoms with Crippen molar-refractivity contribution in [2.24, 2.45) is 0 Å². The summed E-state index contributed by atoms with van der Waals surface area (Å²) >= 11 is 5.69. The van der Waals surface area contributed by atoms with Crippen molar-refractivity contribution in [2.75, 3.05) is 24.5 Å². The van der Waals surface area contributed by atoms with Crippen molar-refractivity contribution in [3.05, 3.63) is 53.3 Å². The number of hydrogen-bond acceptors (Lipinski definition) is 5. The number of carbonyl (C=O) groups is 1. The maximum absolute atomic E-state index is 12.7. The standard InChI is InChI=1S/C17H18ClN3O4S/c1-12-11-25-8-7-21(12)17(22)13-3-2-4-14(9-13)20-26(23,24)15-5-6-16(18)19-10-15/h2-6,9-10,12,20H,7-8,11H2,1H3. The third kappa shape index (κ3) is 4.14. The number of rotatable bonds is 4. The molecule has 0 radical (unpaired) electrons. The minimum Gasteiger partial charge on any atom is -0.377 e. The molecule has 0 aliphatic carbocycles. The van der Waals surface area contributed by atoms with Crippen LogP contribution in [0.15, 0.2) is 47.5 Å². The molecule has 138 valence electrons. The normalized spacial score (nSPS) is 17.8. The molecular formula is C17H18ClN3O4S. The van der Waals surface area contributed by atoms with Gasteiger partial charge in [-0.25, -0.2) is 13.4 Å². The second-order valence-corrected chi connectivity index (χ2v) is 8.00. The average Bonchev–Trinajstić information content (AvgIpc) is 2.62. The smallest absolute Gasteiger partial charge is 0.263 e. The van der Waals surface area contributed by atoms with Gasteiger partial charge >= 0.3 is 0 Å². The van der Waals surface area contributed by atoms with E-state index in [1.807, 2.05) is 6.92 Å². The number of nitrogens with one attached hydrogen (secondary N) is 1. The number of morpholine rings is 1. The summed E-state index contributed by atoms with van der Waals surface area (Å²) in [5.41, 5.74) is 0.708. The zero-order valence-electron chi connectivity index (χ0n) is 14.1. The molecule has 1 aliphatic rings. The molecule has 0 saturated carbocycles. The van der Waals surface area contributed by atoms with Gasteiger partial charge in [-0.05, 0) is 37.3 Å². The van der Waals surface area contributed by atoms with Crippen molar-refractivity contribution in [3.8, 4) is 0 Å². The molecule has 1 aromatic carbocycles. The maximum atomic E-state index is 12.7. The van der Waals surface area contributed by atoms with Gasteiger partial charge in [0.2, 0.25) is 0 Å². The third-order valence-electron chi connectivity index (χ3n) is 4.00. The van der Waals surface area contributed by atoms with Gasteiger partial charge in [-0.15, -0.1) is 0 Å². The topological polar surface area (TPSA) is 88.6 Å². The maximum Gasteiger partial charge on any atom is 0.263 e. The molecule has 26 heavy (non-hydrogen) atoms. The zero-order chi connectivity index (χ0) is 18.7. The van der Waals surface area contributed by atoms with E-state index in [0.29, 0.717) is 31.0 Å². The van der Waals surface area contributed by atoms with Gasteiger partial charge in [-0.3, -0.25) is 9.52 Å². The molecule has 9 heteroatoms. The van der Waals surface area contributed by atoms with Gasteiger partial charge in [0.15, 0.2) is 0 Å². The first kappa shape index (κ1) is 18.6. The number of sulfonamides is 1. The quantitative estimate of drug-likeness (QED) is 0.803. The number of nitrogens with zero attached hydrogens (tertiary/aromatic N) is 2. The Hall–Kier alpha value is -2.16. The minimum atomic E-state index is -3.82. The molecule has 1 aliphatic heterocycles. The number of halogens is 1. The molecule has 3 rings (SSSR count). The molecule has 1 amide bonds. The Morgan fingerprint density at radius 3 is 2.85 bits per heavy atom. The van der Waals surface area contributed by atoms with Crippen LogP contribution in [0.3, 0.4) is 0 Å². The summed E-state index contributed by atoms with van der Waals surface area (Å²) in [4.78, 5) is 18.2. The van der Waals surface area contributed by atoms with E-state index in [4.69, 9.17) is 16.3 Å². The Morgan fingerprint density at radius 2 is 2.15 bits per heavy atom. The van der Waals surface area contributed by atoms with Crippen molar-refractivity contribution >= 4 is 33.2 Å². The van der Waals surface area contributed by atoms with Gasteiger partial charge in [0.05, 0.1) is 19.3 Å². The number of pyridine rings is 1. The summed E-state index contributed by atoms with van der Waals surface area (Å²) < 4.78 is 32.7. The van der Waals surface area contributed by atoms with Crippen LogP contribution in [-0.2, 0) is 14.8 Å². The van der Waals surface area contributed by atoms with Gasteiger partial charge in [0, 0.05) is 24.0 Å². The highest BCUT2D eigenvalue weighted by atomic mass is 35.5. The van der Waals surface area contributed by atoms with E-state index in [9.17, 15) is 13.2 Å². The summed E-state index contributed by atoms with van der Waals surface area (Å²) in [5, 5.41) is 0.205. The summed E-state index contributed by atoms with van der Waals surface area (Å²) in [6.07, 6.45) is 1.18. The lowest BCUT2D eigenvalue weighted by molar-refractivity contribution is 0.00360. The Balaban J connectivity index is 1.81. The van der Waals surface area contributed by atoms with E-state index in [0.717, 1.165) is 0 Å². The van der Waals surface area contributed by atoms with Gasteiger partial charge in [0.1, 0.15) is 10.0 Å². The summed E-state index contributed by atoms with van der Waals surface area (Å²) in [7, 11) is -3.82. The van der Waals surface area contributed by atoms with Crippen LogP contribution in [0.1, 0.15) is 17.3 Å². The average molecular weight is 396 g/mol. The molecule has 1 unspecified atom stereocenters. The van der Waals surface area contributed by atoms with Crippen molar-refractivity contribution < 1.29 is 17.9 Å². The molecule has 2 heterocycles. The third-order valence-corrected chi connectivity index (χ3v) is 5.59. The molecule has 0 bridgehead atoms. The highest BCUT2D eigenvalue weighted by molar-refractivity contribution is 7.92. The summed E-state index contributed by atoms with van der Waals surface area (Å²) in [5.74, 6) is -0.157. The van der Waals surface area contributed by atoms with Crippen LogP contribution in [0.25, 0.3) is 0 Å². The van der Waals surface area contributed by atoms with E-state index < -0.39 is 10.0 Å². The number of benzene rings is 1. The first-order valence-electron chi connectivity index (χ1n) is 8.00. The lowest BCUT2D eigenvalue weighted by Crippen LogP contribution is -2.47.